The Kier molecular flexibility index (Phi) is 5.33. The number of aromatic nitrogens is 1. The lowest BCUT2D eigenvalue weighted by molar-refractivity contribution is 0.192. The van der Waals surface area contributed by atoms with Crippen LogP contribution in [0.2, 0.25) is 0 Å². The molecule has 1 aromatic carbocycles. The van der Waals surface area contributed by atoms with Gasteiger partial charge in [-0.15, -0.1) is 0 Å². The summed E-state index contributed by atoms with van der Waals surface area (Å²) in [6, 6.07) is 10.3. The number of methoxy groups -OCH3 is 2. The third kappa shape index (κ3) is 3.37. The van der Waals surface area contributed by atoms with Crippen LogP contribution in [0.3, 0.4) is 0 Å². The molecule has 3 rings (SSSR count). The molecule has 0 amide bonds. The molecule has 1 unspecified atom stereocenters. The fourth-order valence-electron chi connectivity index (χ4n) is 3.25. The predicted octanol–water partition coefficient (Wildman–Crippen LogP) is 2.40. The highest BCUT2D eigenvalue weighted by atomic mass is 16.5. The number of ether oxygens (including phenoxy) is 2. The van der Waals surface area contributed by atoms with E-state index in [1.54, 1.807) is 14.2 Å². The van der Waals surface area contributed by atoms with Crippen molar-refractivity contribution in [1.29, 1.82) is 0 Å². The zero-order chi connectivity index (χ0) is 16.9. The zero-order valence-electron chi connectivity index (χ0n) is 14.6. The van der Waals surface area contributed by atoms with E-state index in [0.717, 1.165) is 54.5 Å². The molecule has 1 N–H and O–H groups in total. The van der Waals surface area contributed by atoms with E-state index in [4.69, 9.17) is 14.5 Å². The van der Waals surface area contributed by atoms with Gasteiger partial charge in [0.2, 0.25) is 0 Å². The molecule has 0 spiro atoms. The Bertz CT molecular complexity index is 667. The summed E-state index contributed by atoms with van der Waals surface area (Å²) < 4.78 is 11.2. The predicted molar refractivity (Wildman–Crippen MR) is 94.8 cm³/mol. The monoisotopic (exact) mass is 327 g/mol. The van der Waals surface area contributed by atoms with E-state index >= 15 is 0 Å². The molecular weight excluding hydrogens is 302 g/mol. The molecule has 2 aromatic rings. The molecule has 1 fully saturated rings. The Hall–Kier alpha value is -2.11. The largest absolute Gasteiger partial charge is 0.493 e. The number of aryl methyl sites for hydroxylation is 1. The van der Waals surface area contributed by atoms with Crippen molar-refractivity contribution in [2.75, 3.05) is 40.4 Å². The number of hydrogen-bond acceptors (Lipinski definition) is 5. The van der Waals surface area contributed by atoms with Gasteiger partial charge in [0.1, 0.15) is 0 Å². The molecule has 5 heteroatoms. The van der Waals surface area contributed by atoms with Crippen LogP contribution >= 0.6 is 0 Å². The highest BCUT2D eigenvalue weighted by Crippen LogP contribution is 2.39. The van der Waals surface area contributed by atoms with Crippen LogP contribution in [-0.2, 0) is 0 Å². The Balaban J connectivity index is 2.09. The molecule has 1 aromatic heterocycles. The minimum Gasteiger partial charge on any atom is -0.493 e. The molecule has 0 bridgehead atoms. The van der Waals surface area contributed by atoms with Crippen LogP contribution in [0.4, 0.5) is 0 Å². The number of hydrogen-bond donors (Lipinski definition) is 1. The Morgan fingerprint density at radius 3 is 2.50 bits per heavy atom. The maximum absolute atomic E-state index is 5.69. The van der Waals surface area contributed by atoms with Crippen molar-refractivity contribution in [2.24, 2.45) is 0 Å². The lowest BCUT2D eigenvalue weighted by Crippen LogP contribution is -2.45. The second kappa shape index (κ2) is 7.64. The fourth-order valence-corrected chi connectivity index (χ4v) is 3.25. The highest BCUT2D eigenvalue weighted by molar-refractivity contribution is 5.50. The first-order chi connectivity index (χ1) is 11.7. The first-order valence-electron chi connectivity index (χ1n) is 8.33. The van der Waals surface area contributed by atoms with Crippen molar-refractivity contribution >= 4 is 0 Å². The van der Waals surface area contributed by atoms with Crippen LogP contribution in [0.15, 0.2) is 36.5 Å². The first kappa shape index (κ1) is 16.7. The lowest BCUT2D eigenvalue weighted by atomic mass is 9.98. The lowest BCUT2D eigenvalue weighted by Gasteiger charge is -2.35. The SMILES string of the molecule is COc1cccc(C(c2ccc(C)cn2)N2CCNCC2)c1OC. The van der Waals surface area contributed by atoms with Crippen LogP contribution in [0.1, 0.15) is 22.9 Å². The Morgan fingerprint density at radius 1 is 1.08 bits per heavy atom. The normalized spacial score (nSPS) is 16.6. The summed E-state index contributed by atoms with van der Waals surface area (Å²) in [6.07, 6.45) is 1.93. The summed E-state index contributed by atoms with van der Waals surface area (Å²) in [4.78, 5) is 7.15. The van der Waals surface area contributed by atoms with Gasteiger partial charge in [-0.1, -0.05) is 18.2 Å². The molecule has 128 valence electrons. The van der Waals surface area contributed by atoms with Crippen molar-refractivity contribution in [2.45, 2.75) is 13.0 Å². The van der Waals surface area contributed by atoms with Gasteiger partial charge in [-0.05, 0) is 24.6 Å². The van der Waals surface area contributed by atoms with E-state index < -0.39 is 0 Å². The van der Waals surface area contributed by atoms with E-state index in [9.17, 15) is 0 Å². The minimum absolute atomic E-state index is 0.0535. The van der Waals surface area contributed by atoms with Crippen LogP contribution < -0.4 is 14.8 Å². The number of benzene rings is 1. The number of nitrogens with one attached hydrogen (secondary N) is 1. The van der Waals surface area contributed by atoms with Crippen molar-refractivity contribution < 1.29 is 9.47 Å². The number of pyridine rings is 1. The second-order valence-electron chi connectivity index (χ2n) is 6.03. The topological polar surface area (TPSA) is 46.6 Å². The average Bonchev–Trinajstić information content (AvgIpc) is 2.64. The van der Waals surface area contributed by atoms with Crippen LogP contribution in [-0.4, -0.2) is 50.3 Å². The maximum atomic E-state index is 5.69. The van der Waals surface area contributed by atoms with Gasteiger partial charge < -0.3 is 14.8 Å². The standard InChI is InChI=1S/C19H25N3O2/c1-14-7-8-16(21-13-14)18(22-11-9-20-10-12-22)15-5-4-6-17(23-2)19(15)24-3/h4-8,13,18,20H,9-12H2,1-3H3. The van der Waals surface area contributed by atoms with Gasteiger partial charge in [0.05, 0.1) is 26.0 Å². The summed E-state index contributed by atoms with van der Waals surface area (Å²) in [6.45, 7) is 5.97. The molecule has 0 aliphatic carbocycles. The summed E-state index contributed by atoms with van der Waals surface area (Å²) in [5.74, 6) is 1.54. The van der Waals surface area contributed by atoms with Gasteiger partial charge in [0, 0.05) is 37.9 Å². The number of rotatable bonds is 5. The fraction of sp³-hybridized carbons (Fsp3) is 0.421. The molecule has 2 heterocycles. The van der Waals surface area contributed by atoms with Crippen molar-refractivity contribution in [3.05, 3.63) is 53.3 Å². The number of nitrogens with zero attached hydrogens (tertiary/aromatic N) is 2. The molecule has 1 atom stereocenters. The van der Waals surface area contributed by atoms with Crippen LogP contribution in [0, 0.1) is 6.92 Å². The summed E-state index contributed by atoms with van der Waals surface area (Å²) in [5, 5.41) is 3.41. The Morgan fingerprint density at radius 2 is 1.88 bits per heavy atom. The summed E-state index contributed by atoms with van der Waals surface area (Å²) in [7, 11) is 3.37. The first-order valence-corrected chi connectivity index (χ1v) is 8.33. The second-order valence-corrected chi connectivity index (χ2v) is 6.03. The molecule has 1 aliphatic rings. The van der Waals surface area contributed by atoms with Crippen LogP contribution in [0.25, 0.3) is 0 Å². The molecule has 0 saturated carbocycles. The van der Waals surface area contributed by atoms with E-state index in [0.29, 0.717) is 0 Å². The number of piperazine rings is 1. The van der Waals surface area contributed by atoms with Gasteiger partial charge in [-0.25, -0.2) is 0 Å². The third-order valence-electron chi connectivity index (χ3n) is 4.46. The highest BCUT2D eigenvalue weighted by Gasteiger charge is 2.28. The molecule has 1 saturated heterocycles. The minimum atomic E-state index is 0.0535. The van der Waals surface area contributed by atoms with Gasteiger partial charge >= 0.3 is 0 Å². The van der Waals surface area contributed by atoms with E-state index in [1.165, 1.54) is 0 Å². The van der Waals surface area contributed by atoms with Gasteiger partial charge in [0.15, 0.2) is 11.5 Å². The van der Waals surface area contributed by atoms with Gasteiger partial charge in [-0.3, -0.25) is 9.88 Å². The van der Waals surface area contributed by atoms with Crippen molar-refractivity contribution in [3.63, 3.8) is 0 Å². The van der Waals surface area contributed by atoms with Gasteiger partial charge in [0.25, 0.3) is 0 Å². The third-order valence-corrected chi connectivity index (χ3v) is 4.46. The smallest absolute Gasteiger partial charge is 0.165 e. The maximum Gasteiger partial charge on any atom is 0.165 e. The molecule has 5 nitrogen and oxygen atoms in total. The molecule has 0 radical (unpaired) electrons. The average molecular weight is 327 g/mol. The summed E-state index contributed by atoms with van der Waals surface area (Å²) in [5.41, 5.74) is 3.29. The quantitative estimate of drug-likeness (QED) is 0.914. The molecule has 1 aliphatic heterocycles. The van der Waals surface area contributed by atoms with Gasteiger partial charge in [-0.2, -0.15) is 0 Å². The number of para-hydroxylation sites is 1. The van der Waals surface area contributed by atoms with E-state index in [1.807, 2.05) is 18.3 Å². The van der Waals surface area contributed by atoms with Crippen molar-refractivity contribution in [3.8, 4) is 11.5 Å². The van der Waals surface area contributed by atoms with Crippen molar-refractivity contribution in [1.82, 2.24) is 15.2 Å². The molecular formula is C19H25N3O2. The zero-order valence-corrected chi connectivity index (χ0v) is 14.6. The van der Waals surface area contributed by atoms with Crippen LogP contribution in [0.5, 0.6) is 11.5 Å². The summed E-state index contributed by atoms with van der Waals surface area (Å²) >= 11 is 0. The molecule has 24 heavy (non-hydrogen) atoms. The van der Waals surface area contributed by atoms with E-state index in [2.05, 4.69) is 35.3 Å². The van der Waals surface area contributed by atoms with E-state index in [-0.39, 0.29) is 6.04 Å². The Labute approximate surface area is 143 Å².